The largest absolute Gasteiger partial charge is 0.322 e. The summed E-state index contributed by atoms with van der Waals surface area (Å²) in [4.78, 5) is 18.0. The average molecular weight is 361 g/mol. The van der Waals surface area contributed by atoms with Crippen LogP contribution in [-0.2, 0) is 4.79 Å². The van der Waals surface area contributed by atoms with Crippen LogP contribution in [0.1, 0.15) is 18.0 Å². The van der Waals surface area contributed by atoms with E-state index in [1.165, 1.54) is 4.70 Å². The normalized spacial score (nSPS) is 13.6. The van der Waals surface area contributed by atoms with Crippen molar-refractivity contribution in [3.05, 3.63) is 58.6 Å². The van der Waals surface area contributed by atoms with Crippen molar-refractivity contribution in [1.29, 1.82) is 0 Å². The molecule has 124 valence electrons. The Hall–Kier alpha value is -1.95. The van der Waals surface area contributed by atoms with Gasteiger partial charge in [0, 0.05) is 10.7 Å². The summed E-state index contributed by atoms with van der Waals surface area (Å²) in [5.74, 6) is -0.0391. The summed E-state index contributed by atoms with van der Waals surface area (Å²) >= 11 is 7.63. The molecule has 1 heterocycles. The van der Waals surface area contributed by atoms with Gasteiger partial charge in [0.2, 0.25) is 0 Å². The minimum Gasteiger partial charge on any atom is -0.322 e. The number of nitrogens with one attached hydrogen (secondary N) is 2. The fraction of sp³-hybridized carbons (Fsp3) is 0.222. The van der Waals surface area contributed by atoms with Gasteiger partial charge >= 0.3 is 0 Å². The molecule has 1 unspecified atom stereocenters. The van der Waals surface area contributed by atoms with Gasteiger partial charge in [0.1, 0.15) is 6.04 Å². The van der Waals surface area contributed by atoms with Crippen molar-refractivity contribution in [3.63, 3.8) is 0 Å². The van der Waals surface area contributed by atoms with Crippen molar-refractivity contribution in [1.82, 2.24) is 4.98 Å². The lowest BCUT2D eigenvalue weighted by Crippen LogP contribution is -3.10. The highest BCUT2D eigenvalue weighted by Gasteiger charge is 2.22. The number of carbonyl (C=O) groups excluding carboxylic acids is 1. The molecule has 0 aliphatic rings. The molecule has 0 radical (unpaired) electrons. The zero-order valence-corrected chi connectivity index (χ0v) is 15.1. The second kappa shape index (κ2) is 7.30. The van der Waals surface area contributed by atoms with E-state index in [1.54, 1.807) is 23.5 Å². The van der Waals surface area contributed by atoms with Crippen molar-refractivity contribution in [2.75, 3.05) is 18.9 Å². The standard InChI is InChI=1S/C18H18ClN3OS/c1-12(18-21-15-8-3-4-9-16(15)24-18)22(2)11-17(23)20-14-7-5-6-13(19)10-14/h3-10,12H,11H2,1-2H3,(H,20,23)/p+1/t12-/m0/s1. The number of quaternary nitrogens is 1. The predicted molar refractivity (Wildman–Crippen MR) is 99.9 cm³/mol. The molecule has 0 bridgehead atoms. The Balaban J connectivity index is 1.65. The summed E-state index contributed by atoms with van der Waals surface area (Å²) in [6, 6.07) is 15.4. The SMILES string of the molecule is C[C@@H](c1nc2ccccc2s1)[NH+](C)CC(=O)Nc1cccc(Cl)c1. The molecule has 2 atom stereocenters. The van der Waals surface area contributed by atoms with Gasteiger partial charge in [0.05, 0.1) is 17.3 Å². The Kier molecular flexibility index (Phi) is 5.14. The molecule has 0 saturated carbocycles. The lowest BCUT2D eigenvalue weighted by atomic mass is 10.3. The summed E-state index contributed by atoms with van der Waals surface area (Å²) < 4.78 is 1.18. The number of para-hydroxylation sites is 1. The fourth-order valence-electron chi connectivity index (χ4n) is 2.46. The predicted octanol–water partition coefficient (Wildman–Crippen LogP) is 3.16. The maximum Gasteiger partial charge on any atom is 0.279 e. The molecule has 3 aromatic rings. The van der Waals surface area contributed by atoms with Crippen molar-refractivity contribution < 1.29 is 9.69 Å². The molecular formula is C18H19ClN3OS+. The summed E-state index contributed by atoms with van der Waals surface area (Å²) in [5, 5.41) is 4.54. The number of amides is 1. The number of rotatable bonds is 5. The number of thiazole rings is 1. The van der Waals surface area contributed by atoms with E-state index < -0.39 is 0 Å². The Morgan fingerprint density at radius 2 is 2.08 bits per heavy atom. The molecule has 2 N–H and O–H groups in total. The van der Waals surface area contributed by atoms with Gasteiger partial charge in [-0.3, -0.25) is 4.79 Å². The van der Waals surface area contributed by atoms with Crippen LogP contribution in [0.2, 0.25) is 5.02 Å². The monoisotopic (exact) mass is 360 g/mol. The lowest BCUT2D eigenvalue weighted by molar-refractivity contribution is -0.902. The third-order valence-electron chi connectivity index (χ3n) is 3.97. The number of likely N-dealkylation sites (N-methyl/N-ethyl adjacent to an activating group) is 1. The highest BCUT2D eigenvalue weighted by Crippen LogP contribution is 2.24. The second-order valence-corrected chi connectivity index (χ2v) is 7.32. The van der Waals surface area contributed by atoms with E-state index in [0.717, 1.165) is 15.4 Å². The molecule has 0 aliphatic carbocycles. The van der Waals surface area contributed by atoms with Crippen molar-refractivity contribution in [3.8, 4) is 0 Å². The van der Waals surface area contributed by atoms with Crippen LogP contribution in [-0.4, -0.2) is 24.5 Å². The maximum atomic E-state index is 12.3. The lowest BCUT2D eigenvalue weighted by Gasteiger charge is -2.19. The van der Waals surface area contributed by atoms with E-state index in [2.05, 4.69) is 23.3 Å². The zero-order valence-electron chi connectivity index (χ0n) is 13.5. The van der Waals surface area contributed by atoms with Crippen molar-refractivity contribution in [2.45, 2.75) is 13.0 Å². The van der Waals surface area contributed by atoms with Crippen molar-refractivity contribution >= 4 is 44.7 Å². The van der Waals surface area contributed by atoms with Crippen LogP contribution in [0.15, 0.2) is 48.5 Å². The third kappa shape index (κ3) is 3.93. The first kappa shape index (κ1) is 16.9. The number of nitrogens with zero attached hydrogens (tertiary/aromatic N) is 1. The molecule has 1 amide bonds. The molecule has 0 spiro atoms. The van der Waals surface area contributed by atoms with E-state index in [0.29, 0.717) is 17.3 Å². The van der Waals surface area contributed by atoms with Crippen LogP contribution < -0.4 is 10.2 Å². The van der Waals surface area contributed by atoms with Gasteiger partial charge in [0.15, 0.2) is 11.6 Å². The first-order valence-corrected chi connectivity index (χ1v) is 8.95. The first-order chi connectivity index (χ1) is 11.5. The second-order valence-electron chi connectivity index (χ2n) is 5.82. The molecule has 2 aromatic carbocycles. The van der Waals surface area contributed by atoms with Crippen LogP contribution in [0, 0.1) is 0 Å². The smallest absolute Gasteiger partial charge is 0.279 e. The summed E-state index contributed by atoms with van der Waals surface area (Å²) in [7, 11) is 2.01. The van der Waals surface area contributed by atoms with Gasteiger partial charge in [0.25, 0.3) is 5.91 Å². The number of hydrogen-bond acceptors (Lipinski definition) is 3. The topological polar surface area (TPSA) is 46.4 Å². The molecule has 4 nitrogen and oxygen atoms in total. The average Bonchev–Trinajstić information content (AvgIpc) is 2.97. The van der Waals surface area contributed by atoms with Crippen LogP contribution in [0.25, 0.3) is 10.2 Å². The number of anilines is 1. The Labute approximate surface area is 150 Å². The molecule has 6 heteroatoms. The van der Waals surface area contributed by atoms with E-state index >= 15 is 0 Å². The van der Waals surface area contributed by atoms with Gasteiger partial charge in [-0.05, 0) is 37.3 Å². The Bertz CT molecular complexity index is 831. The molecule has 1 aromatic heterocycles. The highest BCUT2D eigenvalue weighted by molar-refractivity contribution is 7.18. The zero-order chi connectivity index (χ0) is 17.1. The maximum absolute atomic E-state index is 12.3. The molecule has 0 fully saturated rings. The quantitative estimate of drug-likeness (QED) is 0.734. The van der Waals surface area contributed by atoms with Gasteiger partial charge in [-0.1, -0.05) is 29.8 Å². The van der Waals surface area contributed by atoms with E-state index in [1.807, 2.05) is 37.4 Å². The third-order valence-corrected chi connectivity index (χ3v) is 5.42. The van der Waals surface area contributed by atoms with Crippen LogP contribution in [0.4, 0.5) is 5.69 Å². The summed E-state index contributed by atoms with van der Waals surface area (Å²) in [5.41, 5.74) is 1.73. The van der Waals surface area contributed by atoms with Gasteiger partial charge in [-0.15, -0.1) is 11.3 Å². The first-order valence-electron chi connectivity index (χ1n) is 7.76. The highest BCUT2D eigenvalue weighted by atomic mass is 35.5. The van der Waals surface area contributed by atoms with Crippen LogP contribution in [0.3, 0.4) is 0 Å². The molecule has 24 heavy (non-hydrogen) atoms. The number of halogens is 1. The van der Waals surface area contributed by atoms with Gasteiger partial charge in [-0.25, -0.2) is 4.98 Å². The summed E-state index contributed by atoms with van der Waals surface area (Å²) in [6.07, 6.45) is 0. The van der Waals surface area contributed by atoms with Crippen LogP contribution in [0.5, 0.6) is 0 Å². The van der Waals surface area contributed by atoms with E-state index in [-0.39, 0.29) is 11.9 Å². The Morgan fingerprint density at radius 1 is 1.29 bits per heavy atom. The Morgan fingerprint density at radius 3 is 2.83 bits per heavy atom. The fourth-order valence-corrected chi connectivity index (χ4v) is 3.77. The minimum atomic E-state index is -0.0391. The van der Waals surface area contributed by atoms with E-state index in [9.17, 15) is 4.79 Å². The van der Waals surface area contributed by atoms with Crippen LogP contribution >= 0.6 is 22.9 Å². The number of aromatic nitrogens is 1. The summed E-state index contributed by atoms with van der Waals surface area (Å²) in [6.45, 7) is 2.46. The molecule has 3 rings (SSSR count). The van der Waals surface area contributed by atoms with Gasteiger partial charge in [-0.2, -0.15) is 0 Å². The number of hydrogen-bond donors (Lipinski definition) is 2. The van der Waals surface area contributed by atoms with E-state index in [4.69, 9.17) is 11.6 Å². The van der Waals surface area contributed by atoms with Gasteiger partial charge < -0.3 is 10.2 Å². The molecule has 0 saturated heterocycles. The molecule has 0 aliphatic heterocycles. The minimum absolute atomic E-state index is 0.0391. The number of fused-ring (bicyclic) bond motifs is 1. The van der Waals surface area contributed by atoms with Crippen molar-refractivity contribution in [2.24, 2.45) is 0 Å². The molecular weight excluding hydrogens is 342 g/mol. The number of carbonyl (C=O) groups is 1. The number of benzene rings is 2.